The lowest BCUT2D eigenvalue weighted by molar-refractivity contribution is 0.200. The van der Waals surface area contributed by atoms with Gasteiger partial charge in [0.2, 0.25) is 0 Å². The molecular formula is C22H24N8O. The molecule has 1 aliphatic heterocycles. The summed E-state index contributed by atoms with van der Waals surface area (Å²) in [6.07, 6.45) is 9.24. The van der Waals surface area contributed by atoms with Crippen LogP contribution >= 0.6 is 0 Å². The molecule has 1 aromatic carbocycles. The Labute approximate surface area is 179 Å². The fraction of sp³-hybridized carbons (Fsp3) is 0.409. The van der Waals surface area contributed by atoms with Gasteiger partial charge < -0.3 is 9.64 Å². The standard InChI is InChI=1S/C22H24N8O/c1-22(6-7-22)31-16-2-3-18-17(10-16)21(28-27-18)19-11-20(25-13-24-19)29-8-4-15(5-9-29)30-14-23-12-26-30/h2-3,10-15H,4-9H2,1H3,(H,27,28). The number of hydrogen-bond donors (Lipinski definition) is 1. The van der Waals surface area contributed by atoms with Crippen molar-refractivity contribution in [2.75, 3.05) is 18.0 Å². The van der Waals surface area contributed by atoms with Crippen LogP contribution in [0.5, 0.6) is 5.75 Å². The van der Waals surface area contributed by atoms with Gasteiger partial charge in [-0.05, 0) is 50.8 Å². The van der Waals surface area contributed by atoms with Gasteiger partial charge in [0.1, 0.15) is 41.8 Å². The van der Waals surface area contributed by atoms with Crippen LogP contribution < -0.4 is 9.64 Å². The van der Waals surface area contributed by atoms with E-state index in [0.29, 0.717) is 6.04 Å². The van der Waals surface area contributed by atoms with E-state index in [0.717, 1.165) is 72.6 Å². The number of ether oxygens (including phenoxy) is 1. The summed E-state index contributed by atoms with van der Waals surface area (Å²) in [5.74, 6) is 1.80. The molecule has 0 bridgehead atoms. The van der Waals surface area contributed by atoms with Crippen LogP contribution in [-0.2, 0) is 0 Å². The van der Waals surface area contributed by atoms with Crippen LogP contribution in [0.2, 0.25) is 0 Å². The molecule has 2 fully saturated rings. The number of nitrogens with zero attached hydrogens (tertiary/aromatic N) is 7. The van der Waals surface area contributed by atoms with Gasteiger partial charge in [0.25, 0.3) is 0 Å². The van der Waals surface area contributed by atoms with Crippen molar-refractivity contribution in [2.45, 2.75) is 44.2 Å². The highest BCUT2D eigenvalue weighted by Crippen LogP contribution is 2.40. The molecule has 2 aliphatic rings. The largest absolute Gasteiger partial charge is 0.488 e. The molecule has 9 heteroatoms. The van der Waals surface area contributed by atoms with E-state index in [4.69, 9.17) is 4.74 Å². The third-order valence-corrected chi connectivity index (χ3v) is 6.35. The maximum absolute atomic E-state index is 6.15. The minimum Gasteiger partial charge on any atom is -0.488 e. The van der Waals surface area contributed by atoms with Gasteiger partial charge in [-0.25, -0.2) is 19.6 Å². The number of H-pyrrole nitrogens is 1. The first-order chi connectivity index (χ1) is 15.2. The zero-order valence-corrected chi connectivity index (χ0v) is 17.4. The normalized spacial score (nSPS) is 18.4. The predicted octanol–water partition coefficient (Wildman–Crippen LogP) is 3.38. The van der Waals surface area contributed by atoms with Crippen LogP contribution in [0.15, 0.2) is 43.2 Å². The number of benzene rings is 1. The molecule has 0 atom stereocenters. The minimum absolute atomic E-state index is 0.0159. The molecule has 6 rings (SSSR count). The second-order valence-corrected chi connectivity index (χ2v) is 8.69. The zero-order chi connectivity index (χ0) is 20.8. The number of fused-ring (bicyclic) bond motifs is 1. The van der Waals surface area contributed by atoms with Gasteiger partial charge in [-0.2, -0.15) is 10.2 Å². The molecule has 1 aliphatic carbocycles. The summed E-state index contributed by atoms with van der Waals surface area (Å²) in [5, 5.41) is 13.0. The minimum atomic E-state index is -0.0159. The first kappa shape index (κ1) is 18.3. The number of piperidine rings is 1. The van der Waals surface area contributed by atoms with Gasteiger partial charge in [-0.3, -0.25) is 5.10 Å². The fourth-order valence-corrected chi connectivity index (χ4v) is 4.23. The van der Waals surface area contributed by atoms with Gasteiger partial charge in [0, 0.05) is 24.5 Å². The molecule has 0 unspecified atom stereocenters. The molecule has 31 heavy (non-hydrogen) atoms. The zero-order valence-electron chi connectivity index (χ0n) is 17.4. The van der Waals surface area contributed by atoms with Crippen LogP contribution in [-0.4, -0.2) is 53.6 Å². The Bertz CT molecular complexity index is 1210. The number of aromatic nitrogens is 7. The molecule has 3 aromatic heterocycles. The van der Waals surface area contributed by atoms with Crippen LogP contribution in [0.4, 0.5) is 5.82 Å². The van der Waals surface area contributed by atoms with Crippen molar-refractivity contribution in [3.05, 3.63) is 43.2 Å². The van der Waals surface area contributed by atoms with Crippen molar-refractivity contribution in [3.8, 4) is 17.1 Å². The van der Waals surface area contributed by atoms with Crippen molar-refractivity contribution in [1.82, 2.24) is 34.9 Å². The lowest BCUT2D eigenvalue weighted by Crippen LogP contribution is -2.35. The van der Waals surface area contributed by atoms with Crippen LogP contribution in [0.25, 0.3) is 22.3 Å². The number of nitrogens with one attached hydrogen (secondary N) is 1. The van der Waals surface area contributed by atoms with Crippen molar-refractivity contribution in [2.24, 2.45) is 0 Å². The van der Waals surface area contributed by atoms with E-state index in [9.17, 15) is 0 Å². The molecule has 4 heterocycles. The Morgan fingerprint density at radius 1 is 1.10 bits per heavy atom. The smallest absolute Gasteiger partial charge is 0.137 e. The summed E-state index contributed by atoms with van der Waals surface area (Å²) in [4.78, 5) is 15.4. The van der Waals surface area contributed by atoms with E-state index in [1.54, 1.807) is 19.0 Å². The monoisotopic (exact) mass is 416 g/mol. The first-order valence-corrected chi connectivity index (χ1v) is 10.8. The third kappa shape index (κ3) is 3.49. The fourth-order valence-electron chi connectivity index (χ4n) is 4.23. The second-order valence-electron chi connectivity index (χ2n) is 8.69. The van der Waals surface area contributed by atoms with Crippen molar-refractivity contribution < 1.29 is 4.74 Å². The highest BCUT2D eigenvalue weighted by Gasteiger charge is 2.40. The van der Waals surface area contributed by atoms with Crippen molar-refractivity contribution >= 4 is 16.7 Å². The highest BCUT2D eigenvalue weighted by atomic mass is 16.5. The predicted molar refractivity (Wildman–Crippen MR) is 116 cm³/mol. The van der Waals surface area contributed by atoms with E-state index < -0.39 is 0 Å². The molecule has 0 amide bonds. The van der Waals surface area contributed by atoms with E-state index in [-0.39, 0.29) is 5.60 Å². The third-order valence-electron chi connectivity index (χ3n) is 6.35. The molecule has 0 radical (unpaired) electrons. The summed E-state index contributed by atoms with van der Waals surface area (Å²) in [6, 6.07) is 8.49. The molecule has 1 N–H and O–H groups in total. The Balaban J connectivity index is 1.25. The lowest BCUT2D eigenvalue weighted by atomic mass is 10.1. The number of anilines is 1. The van der Waals surface area contributed by atoms with Gasteiger partial charge >= 0.3 is 0 Å². The SMILES string of the molecule is CC1(Oc2ccc3[nH]nc(-c4cc(N5CCC(n6cncn6)CC5)ncn4)c3c2)CC1. The summed E-state index contributed by atoms with van der Waals surface area (Å²) < 4.78 is 8.11. The topological polar surface area (TPSA) is 97.6 Å². The van der Waals surface area contributed by atoms with Crippen molar-refractivity contribution in [3.63, 3.8) is 0 Å². The first-order valence-electron chi connectivity index (χ1n) is 10.8. The van der Waals surface area contributed by atoms with E-state index in [1.165, 1.54) is 0 Å². The molecule has 1 saturated carbocycles. The average molecular weight is 416 g/mol. The van der Waals surface area contributed by atoms with E-state index in [2.05, 4.69) is 48.1 Å². The van der Waals surface area contributed by atoms with Gasteiger partial charge in [-0.15, -0.1) is 0 Å². The van der Waals surface area contributed by atoms with Gasteiger partial charge in [0.15, 0.2) is 0 Å². The Kier molecular flexibility index (Phi) is 4.15. The van der Waals surface area contributed by atoms with Crippen LogP contribution in [0.1, 0.15) is 38.6 Å². The average Bonchev–Trinajstić information content (AvgIpc) is 3.21. The molecule has 4 aromatic rings. The Morgan fingerprint density at radius 2 is 1.97 bits per heavy atom. The summed E-state index contributed by atoms with van der Waals surface area (Å²) in [5.41, 5.74) is 2.59. The second kappa shape index (κ2) is 7.04. The molecule has 0 spiro atoms. The summed E-state index contributed by atoms with van der Waals surface area (Å²) >= 11 is 0. The van der Waals surface area contributed by atoms with Crippen LogP contribution in [0, 0.1) is 0 Å². The number of hydrogen-bond acceptors (Lipinski definition) is 7. The molecular weight excluding hydrogens is 392 g/mol. The molecule has 158 valence electrons. The summed E-state index contributed by atoms with van der Waals surface area (Å²) in [6.45, 7) is 3.98. The van der Waals surface area contributed by atoms with E-state index >= 15 is 0 Å². The molecule has 1 saturated heterocycles. The maximum atomic E-state index is 6.15. The van der Waals surface area contributed by atoms with Crippen LogP contribution in [0.3, 0.4) is 0 Å². The maximum Gasteiger partial charge on any atom is 0.137 e. The van der Waals surface area contributed by atoms with Gasteiger partial charge in [-0.1, -0.05) is 0 Å². The quantitative estimate of drug-likeness (QED) is 0.532. The number of rotatable bonds is 5. The van der Waals surface area contributed by atoms with Crippen molar-refractivity contribution in [1.29, 1.82) is 0 Å². The Hall–Kier alpha value is -3.49. The highest BCUT2D eigenvalue weighted by molar-refractivity contribution is 5.93. The molecule has 9 nitrogen and oxygen atoms in total. The Morgan fingerprint density at radius 3 is 2.74 bits per heavy atom. The number of aromatic amines is 1. The lowest BCUT2D eigenvalue weighted by Gasteiger charge is -2.32. The van der Waals surface area contributed by atoms with E-state index in [1.807, 2.05) is 22.9 Å². The summed E-state index contributed by atoms with van der Waals surface area (Å²) in [7, 11) is 0. The van der Waals surface area contributed by atoms with Gasteiger partial charge in [0.05, 0.1) is 17.3 Å².